The van der Waals surface area contributed by atoms with Crippen molar-refractivity contribution in [3.63, 3.8) is 0 Å². The smallest absolute Gasteiger partial charge is 0.407 e. The third-order valence-corrected chi connectivity index (χ3v) is 2.58. The molecule has 0 aliphatic heterocycles. The van der Waals surface area contributed by atoms with Crippen molar-refractivity contribution in [2.45, 2.75) is 71.7 Å². The summed E-state index contributed by atoms with van der Waals surface area (Å²) >= 11 is 0. The average Bonchev–Trinajstić information content (AvgIpc) is 2.44. The SMILES string of the molecule is CC(C)(C)OC(=O)NCC(O)C(O)C1=CCCC=C1.CCC. The van der Waals surface area contributed by atoms with Gasteiger partial charge in [0.1, 0.15) is 17.8 Å². The van der Waals surface area contributed by atoms with E-state index >= 15 is 0 Å². The van der Waals surface area contributed by atoms with Gasteiger partial charge in [-0.05, 0) is 39.2 Å². The van der Waals surface area contributed by atoms with E-state index in [0.717, 1.165) is 12.8 Å². The quantitative estimate of drug-likeness (QED) is 0.745. The summed E-state index contributed by atoms with van der Waals surface area (Å²) in [5, 5.41) is 22.2. The van der Waals surface area contributed by atoms with Crippen LogP contribution in [0.3, 0.4) is 0 Å². The van der Waals surface area contributed by atoms with Crippen LogP contribution in [0.5, 0.6) is 0 Å². The Morgan fingerprint density at radius 2 is 1.91 bits per heavy atom. The molecule has 0 fully saturated rings. The van der Waals surface area contributed by atoms with E-state index in [-0.39, 0.29) is 6.54 Å². The summed E-state index contributed by atoms with van der Waals surface area (Å²) in [6, 6.07) is 0. The molecule has 1 amide bonds. The number of hydrogen-bond donors (Lipinski definition) is 3. The molecule has 22 heavy (non-hydrogen) atoms. The fourth-order valence-corrected chi connectivity index (χ4v) is 1.69. The zero-order valence-electron chi connectivity index (χ0n) is 14.4. The van der Waals surface area contributed by atoms with Crippen LogP contribution < -0.4 is 5.32 Å². The van der Waals surface area contributed by atoms with Crippen molar-refractivity contribution in [1.29, 1.82) is 0 Å². The van der Waals surface area contributed by atoms with Gasteiger partial charge in [-0.1, -0.05) is 38.5 Å². The highest BCUT2D eigenvalue weighted by molar-refractivity contribution is 5.67. The largest absolute Gasteiger partial charge is 0.444 e. The van der Waals surface area contributed by atoms with Crippen LogP contribution in [0.25, 0.3) is 0 Å². The molecule has 2 unspecified atom stereocenters. The van der Waals surface area contributed by atoms with Crippen molar-refractivity contribution in [3.8, 4) is 0 Å². The Morgan fingerprint density at radius 1 is 1.32 bits per heavy atom. The van der Waals surface area contributed by atoms with Gasteiger partial charge in [-0.3, -0.25) is 0 Å². The molecule has 0 bridgehead atoms. The number of ether oxygens (including phenoxy) is 1. The van der Waals surface area contributed by atoms with E-state index in [1.165, 1.54) is 6.42 Å². The number of carbonyl (C=O) groups excluding carboxylic acids is 1. The van der Waals surface area contributed by atoms with E-state index < -0.39 is 23.9 Å². The van der Waals surface area contributed by atoms with Gasteiger partial charge in [-0.15, -0.1) is 0 Å². The van der Waals surface area contributed by atoms with Gasteiger partial charge in [0.25, 0.3) is 0 Å². The first-order chi connectivity index (χ1) is 10.2. The molecule has 0 saturated carbocycles. The molecule has 0 heterocycles. The summed E-state index contributed by atoms with van der Waals surface area (Å²) in [5.74, 6) is 0. The molecule has 5 heteroatoms. The molecule has 2 atom stereocenters. The number of carbonyl (C=O) groups is 1. The lowest BCUT2D eigenvalue weighted by molar-refractivity contribution is 0.0302. The molecule has 0 radical (unpaired) electrons. The molecule has 3 N–H and O–H groups in total. The van der Waals surface area contributed by atoms with Gasteiger partial charge < -0.3 is 20.3 Å². The second kappa shape index (κ2) is 10.4. The van der Waals surface area contributed by atoms with E-state index in [2.05, 4.69) is 19.2 Å². The highest BCUT2D eigenvalue weighted by Gasteiger charge is 2.22. The number of alkyl carbamates (subject to hydrolysis) is 1. The van der Waals surface area contributed by atoms with Gasteiger partial charge in [0.2, 0.25) is 0 Å². The minimum absolute atomic E-state index is 0.0543. The molecule has 0 aromatic rings. The van der Waals surface area contributed by atoms with Crippen molar-refractivity contribution >= 4 is 6.09 Å². The minimum atomic E-state index is -1.05. The van der Waals surface area contributed by atoms with Crippen LogP contribution >= 0.6 is 0 Å². The van der Waals surface area contributed by atoms with Gasteiger partial charge in [-0.25, -0.2) is 4.79 Å². The maximum atomic E-state index is 11.4. The van der Waals surface area contributed by atoms with Crippen LogP contribution in [-0.2, 0) is 4.74 Å². The van der Waals surface area contributed by atoms with E-state index in [0.29, 0.717) is 5.57 Å². The molecule has 1 aliphatic rings. The van der Waals surface area contributed by atoms with Crippen molar-refractivity contribution in [2.75, 3.05) is 6.54 Å². The number of rotatable bonds is 4. The summed E-state index contributed by atoms with van der Waals surface area (Å²) in [5.41, 5.74) is 0.104. The molecular weight excluding hydrogens is 282 g/mol. The Kier molecular flexibility index (Phi) is 9.78. The third kappa shape index (κ3) is 9.58. The summed E-state index contributed by atoms with van der Waals surface area (Å²) in [6.07, 6.45) is 6.04. The van der Waals surface area contributed by atoms with Crippen LogP contribution in [0.1, 0.15) is 53.9 Å². The van der Waals surface area contributed by atoms with Crippen LogP contribution in [-0.4, -0.2) is 40.7 Å². The number of hydrogen-bond acceptors (Lipinski definition) is 4. The fraction of sp³-hybridized carbons (Fsp3) is 0.706. The van der Waals surface area contributed by atoms with Crippen LogP contribution in [0.2, 0.25) is 0 Å². The topological polar surface area (TPSA) is 78.8 Å². The Balaban J connectivity index is 0.00000135. The standard InChI is InChI=1S/C14H23NO4.C3H8/c1-14(2,3)19-13(18)15-9-11(16)12(17)10-7-5-4-6-8-10;1-3-2/h5,7-8,11-12,16-17H,4,6,9H2,1-3H3,(H,15,18);3H2,1-2H3. The third-order valence-electron chi connectivity index (χ3n) is 2.58. The molecule has 0 aromatic heterocycles. The Hall–Kier alpha value is -1.33. The molecule has 0 aromatic carbocycles. The number of amides is 1. The number of aliphatic hydroxyl groups is 2. The van der Waals surface area contributed by atoms with Crippen molar-refractivity contribution < 1.29 is 19.7 Å². The lowest BCUT2D eigenvalue weighted by atomic mass is 9.98. The predicted octanol–water partition coefficient (Wildman–Crippen LogP) is 2.93. The van der Waals surface area contributed by atoms with E-state index in [1.54, 1.807) is 26.8 Å². The molecule has 5 nitrogen and oxygen atoms in total. The Labute approximate surface area is 134 Å². The maximum absolute atomic E-state index is 11.4. The molecule has 128 valence electrons. The minimum Gasteiger partial charge on any atom is -0.444 e. The van der Waals surface area contributed by atoms with Gasteiger partial charge in [-0.2, -0.15) is 0 Å². The van der Waals surface area contributed by atoms with Gasteiger partial charge >= 0.3 is 6.09 Å². The average molecular weight is 313 g/mol. The van der Waals surface area contributed by atoms with Gasteiger partial charge in [0.15, 0.2) is 0 Å². The molecule has 1 aliphatic carbocycles. The monoisotopic (exact) mass is 313 g/mol. The van der Waals surface area contributed by atoms with Crippen LogP contribution in [0.15, 0.2) is 23.8 Å². The van der Waals surface area contributed by atoms with Crippen molar-refractivity contribution in [3.05, 3.63) is 23.8 Å². The van der Waals surface area contributed by atoms with Crippen LogP contribution in [0, 0.1) is 0 Å². The normalized spacial score (nSPS) is 16.8. The molecule has 0 saturated heterocycles. The lowest BCUT2D eigenvalue weighted by Crippen LogP contribution is -2.41. The number of allylic oxidation sites excluding steroid dienone is 2. The lowest BCUT2D eigenvalue weighted by Gasteiger charge is -2.23. The zero-order chi connectivity index (χ0) is 17.2. The number of aliphatic hydroxyl groups excluding tert-OH is 2. The fourth-order valence-electron chi connectivity index (χ4n) is 1.69. The Morgan fingerprint density at radius 3 is 2.36 bits per heavy atom. The highest BCUT2D eigenvalue weighted by atomic mass is 16.6. The van der Waals surface area contributed by atoms with Gasteiger partial charge in [0, 0.05) is 6.54 Å². The second-order valence-electron chi connectivity index (χ2n) is 6.29. The van der Waals surface area contributed by atoms with E-state index in [9.17, 15) is 15.0 Å². The van der Waals surface area contributed by atoms with Crippen LogP contribution in [0.4, 0.5) is 4.79 Å². The zero-order valence-corrected chi connectivity index (χ0v) is 14.4. The summed E-state index contributed by atoms with van der Waals surface area (Å²) in [7, 11) is 0. The van der Waals surface area contributed by atoms with E-state index in [1.807, 2.05) is 12.2 Å². The molecule has 1 rings (SSSR count). The second-order valence-corrected chi connectivity index (χ2v) is 6.29. The first-order valence-electron chi connectivity index (χ1n) is 7.90. The maximum Gasteiger partial charge on any atom is 0.407 e. The summed E-state index contributed by atoms with van der Waals surface area (Å²) in [6.45, 7) is 9.47. The summed E-state index contributed by atoms with van der Waals surface area (Å²) in [4.78, 5) is 11.4. The molecule has 0 spiro atoms. The predicted molar refractivity (Wildman–Crippen MR) is 88.7 cm³/mol. The highest BCUT2D eigenvalue weighted by Crippen LogP contribution is 2.15. The van der Waals surface area contributed by atoms with E-state index in [4.69, 9.17) is 4.74 Å². The first kappa shape index (κ1) is 20.7. The number of nitrogens with one attached hydrogen (secondary N) is 1. The van der Waals surface area contributed by atoms with Gasteiger partial charge in [0.05, 0.1) is 0 Å². The Bertz CT molecular complexity index is 383. The van der Waals surface area contributed by atoms with Crippen molar-refractivity contribution in [1.82, 2.24) is 5.32 Å². The first-order valence-corrected chi connectivity index (χ1v) is 7.90. The summed E-state index contributed by atoms with van der Waals surface area (Å²) < 4.78 is 5.04. The van der Waals surface area contributed by atoms with Crippen molar-refractivity contribution in [2.24, 2.45) is 0 Å². The molecular formula is C17H31NO4.